The van der Waals surface area contributed by atoms with E-state index in [1.54, 1.807) is 0 Å². The van der Waals surface area contributed by atoms with Gasteiger partial charge in [0.25, 0.3) is 0 Å². The van der Waals surface area contributed by atoms with Gasteiger partial charge in [0, 0.05) is 22.0 Å². The highest BCUT2D eigenvalue weighted by Gasteiger charge is 2.64. The molecule has 0 radical (unpaired) electrons. The minimum Gasteiger partial charge on any atom is -0.324 e. The summed E-state index contributed by atoms with van der Waals surface area (Å²) >= 11 is 0. The highest BCUT2D eigenvalue weighted by molar-refractivity contribution is 5.84. The van der Waals surface area contributed by atoms with Crippen LogP contribution in [0.5, 0.6) is 0 Å². The van der Waals surface area contributed by atoms with Gasteiger partial charge in [-0.25, -0.2) is 0 Å². The van der Waals surface area contributed by atoms with Crippen molar-refractivity contribution in [1.82, 2.24) is 4.98 Å². The van der Waals surface area contributed by atoms with Gasteiger partial charge >= 0.3 is 0 Å². The van der Waals surface area contributed by atoms with Crippen LogP contribution in [0.1, 0.15) is 36.9 Å². The minimum absolute atomic E-state index is 0.0730. The average molecular weight is 238 g/mol. The van der Waals surface area contributed by atoms with Crippen molar-refractivity contribution in [1.29, 1.82) is 0 Å². The molecule has 92 valence electrons. The predicted octanol–water partition coefficient (Wildman–Crippen LogP) is 3.07. The molecule has 2 N–H and O–H groups in total. The second kappa shape index (κ2) is 3.12. The van der Waals surface area contributed by atoms with Crippen LogP contribution in [0.2, 0.25) is 0 Å². The molecule has 1 heterocycles. The van der Waals surface area contributed by atoms with Gasteiger partial charge < -0.3 is 5.73 Å². The van der Waals surface area contributed by atoms with Gasteiger partial charge in [-0.3, -0.25) is 4.98 Å². The summed E-state index contributed by atoms with van der Waals surface area (Å²) in [5, 5.41) is 1.30. The molecule has 2 aliphatic carbocycles. The molecule has 2 nitrogen and oxygen atoms in total. The summed E-state index contributed by atoms with van der Waals surface area (Å²) in [5.74, 6) is 0. The maximum Gasteiger partial charge on any atom is 0.0708 e. The number of para-hydroxylation sites is 1. The number of rotatable bonds is 2. The highest BCUT2D eigenvalue weighted by Crippen LogP contribution is 2.64. The van der Waals surface area contributed by atoms with Gasteiger partial charge in [0.1, 0.15) is 0 Å². The normalized spacial score (nSPS) is 23.0. The van der Waals surface area contributed by atoms with Gasteiger partial charge in [0.05, 0.1) is 5.52 Å². The lowest BCUT2D eigenvalue weighted by Crippen LogP contribution is -2.37. The molecule has 0 unspecified atom stereocenters. The molecule has 1 aromatic carbocycles. The molecule has 2 aromatic rings. The van der Waals surface area contributed by atoms with E-state index in [0.29, 0.717) is 0 Å². The smallest absolute Gasteiger partial charge is 0.0708 e. The van der Waals surface area contributed by atoms with E-state index in [1.807, 2.05) is 0 Å². The van der Waals surface area contributed by atoms with Crippen LogP contribution in [0.4, 0.5) is 0 Å². The Balaban J connectivity index is 2.00. The van der Waals surface area contributed by atoms with Crippen LogP contribution < -0.4 is 5.73 Å². The molecule has 0 spiro atoms. The van der Waals surface area contributed by atoms with E-state index in [9.17, 15) is 0 Å². The van der Waals surface area contributed by atoms with Crippen LogP contribution in [0.3, 0.4) is 0 Å². The summed E-state index contributed by atoms with van der Waals surface area (Å²) in [6.45, 7) is 2.09. The van der Waals surface area contributed by atoms with Crippen molar-refractivity contribution in [2.75, 3.05) is 0 Å². The zero-order valence-electron chi connectivity index (χ0n) is 10.7. The largest absolute Gasteiger partial charge is 0.324 e. The minimum atomic E-state index is 0.0730. The topological polar surface area (TPSA) is 38.9 Å². The SMILES string of the molecule is Cc1cc(C2(C3(N)CC3)CC2)c2ccccc2n1. The summed E-state index contributed by atoms with van der Waals surface area (Å²) in [4.78, 5) is 4.64. The quantitative estimate of drug-likeness (QED) is 0.873. The first-order chi connectivity index (χ1) is 8.65. The molecule has 2 heteroatoms. The number of benzene rings is 1. The molecule has 2 aliphatic rings. The third-order valence-corrected chi connectivity index (χ3v) is 4.85. The average Bonchev–Trinajstić information content (AvgIpc) is 3.23. The molecule has 0 saturated heterocycles. The van der Waals surface area contributed by atoms with Crippen molar-refractivity contribution in [3.63, 3.8) is 0 Å². The zero-order chi connectivity index (χ0) is 12.4. The van der Waals surface area contributed by atoms with Crippen molar-refractivity contribution in [2.24, 2.45) is 5.73 Å². The fourth-order valence-corrected chi connectivity index (χ4v) is 3.48. The highest BCUT2D eigenvalue weighted by atomic mass is 14.9. The molecular formula is C16H18N2. The van der Waals surface area contributed by atoms with Gasteiger partial charge in [-0.05, 0) is 50.3 Å². The van der Waals surface area contributed by atoms with E-state index in [0.717, 1.165) is 11.2 Å². The van der Waals surface area contributed by atoms with Gasteiger partial charge in [0.2, 0.25) is 0 Å². The molecule has 1 aromatic heterocycles. The zero-order valence-corrected chi connectivity index (χ0v) is 10.7. The van der Waals surface area contributed by atoms with Crippen LogP contribution in [0.15, 0.2) is 30.3 Å². The lowest BCUT2D eigenvalue weighted by molar-refractivity contribution is 0.506. The number of nitrogens with zero attached hydrogens (tertiary/aromatic N) is 1. The molecule has 18 heavy (non-hydrogen) atoms. The van der Waals surface area contributed by atoms with Crippen LogP contribution in [0, 0.1) is 6.92 Å². The Labute approximate surface area is 107 Å². The predicted molar refractivity (Wildman–Crippen MR) is 73.5 cm³/mol. The molecular weight excluding hydrogens is 220 g/mol. The van der Waals surface area contributed by atoms with Gasteiger partial charge in [-0.1, -0.05) is 18.2 Å². The Kier molecular flexibility index (Phi) is 1.82. The molecule has 2 fully saturated rings. The summed E-state index contributed by atoms with van der Waals surface area (Å²) in [6.07, 6.45) is 4.86. The maximum absolute atomic E-state index is 6.54. The van der Waals surface area contributed by atoms with E-state index < -0.39 is 0 Å². The van der Waals surface area contributed by atoms with Gasteiger partial charge in [0.15, 0.2) is 0 Å². The third kappa shape index (κ3) is 1.24. The fraction of sp³-hybridized carbons (Fsp3) is 0.438. The second-order valence-corrected chi connectivity index (χ2v) is 6.07. The molecule has 2 saturated carbocycles. The van der Waals surface area contributed by atoms with E-state index in [2.05, 4.69) is 42.2 Å². The first kappa shape index (κ1) is 10.5. The van der Waals surface area contributed by atoms with Crippen LogP contribution >= 0.6 is 0 Å². The van der Waals surface area contributed by atoms with Crippen molar-refractivity contribution < 1.29 is 0 Å². The number of fused-ring (bicyclic) bond motifs is 1. The van der Waals surface area contributed by atoms with Crippen LogP contribution in [-0.2, 0) is 5.41 Å². The Morgan fingerprint density at radius 1 is 1.11 bits per heavy atom. The molecule has 4 rings (SSSR count). The molecule has 0 atom stereocenters. The maximum atomic E-state index is 6.54. The monoisotopic (exact) mass is 238 g/mol. The van der Waals surface area contributed by atoms with Crippen LogP contribution in [-0.4, -0.2) is 10.5 Å². The second-order valence-electron chi connectivity index (χ2n) is 6.07. The first-order valence-corrected chi connectivity index (χ1v) is 6.80. The number of pyridine rings is 1. The lowest BCUT2D eigenvalue weighted by atomic mass is 9.84. The van der Waals surface area contributed by atoms with E-state index in [4.69, 9.17) is 5.73 Å². The summed E-state index contributed by atoms with van der Waals surface area (Å²) < 4.78 is 0. The van der Waals surface area contributed by atoms with Crippen molar-refractivity contribution >= 4 is 10.9 Å². The fourth-order valence-electron chi connectivity index (χ4n) is 3.48. The van der Waals surface area contributed by atoms with E-state index in [1.165, 1.54) is 36.6 Å². The van der Waals surface area contributed by atoms with Gasteiger partial charge in [-0.15, -0.1) is 0 Å². The molecule has 0 bridgehead atoms. The summed E-state index contributed by atoms with van der Waals surface area (Å²) in [7, 11) is 0. The van der Waals surface area contributed by atoms with Crippen LogP contribution in [0.25, 0.3) is 10.9 Å². The van der Waals surface area contributed by atoms with Crippen molar-refractivity contribution in [3.8, 4) is 0 Å². The number of aromatic nitrogens is 1. The van der Waals surface area contributed by atoms with Crippen molar-refractivity contribution in [3.05, 3.63) is 41.6 Å². The van der Waals surface area contributed by atoms with Gasteiger partial charge in [-0.2, -0.15) is 0 Å². The Bertz CT molecular complexity index is 637. The number of hydrogen-bond donors (Lipinski definition) is 1. The standard InChI is InChI=1S/C16H18N2/c1-11-10-13(12-4-2-3-5-14(12)18-11)15(6-7-15)16(17)8-9-16/h2-5,10H,6-9,17H2,1H3. The number of hydrogen-bond acceptors (Lipinski definition) is 2. The Hall–Kier alpha value is -1.41. The summed E-state index contributed by atoms with van der Waals surface area (Å²) in [6, 6.07) is 10.7. The summed E-state index contributed by atoms with van der Waals surface area (Å²) in [5.41, 5.74) is 10.5. The third-order valence-electron chi connectivity index (χ3n) is 4.85. The van der Waals surface area contributed by atoms with E-state index in [-0.39, 0.29) is 11.0 Å². The molecule has 0 amide bonds. The number of aryl methyl sites for hydroxylation is 1. The Morgan fingerprint density at radius 3 is 2.50 bits per heavy atom. The van der Waals surface area contributed by atoms with Crippen molar-refractivity contribution in [2.45, 2.75) is 43.6 Å². The number of nitrogens with two attached hydrogens (primary N) is 1. The molecule has 0 aliphatic heterocycles. The Morgan fingerprint density at radius 2 is 1.83 bits per heavy atom. The lowest BCUT2D eigenvalue weighted by Gasteiger charge is -2.25. The first-order valence-electron chi connectivity index (χ1n) is 6.80. The van der Waals surface area contributed by atoms with E-state index >= 15 is 0 Å².